The van der Waals surface area contributed by atoms with E-state index in [1.807, 2.05) is 0 Å². The van der Waals surface area contributed by atoms with Crippen LogP contribution in [0.1, 0.15) is 33.6 Å². The maximum absolute atomic E-state index is 12.8. The molecule has 0 bridgehead atoms. The first-order valence-corrected chi connectivity index (χ1v) is 8.72. The number of sulfonamides is 1. The summed E-state index contributed by atoms with van der Waals surface area (Å²) < 4.78 is 35.6. The number of hydrogen-bond donors (Lipinski definition) is 1. The van der Waals surface area contributed by atoms with Crippen molar-refractivity contribution in [1.29, 1.82) is 0 Å². The van der Waals surface area contributed by atoms with E-state index in [1.54, 1.807) is 0 Å². The molecule has 0 aromatic heterocycles. The van der Waals surface area contributed by atoms with E-state index >= 15 is 0 Å². The van der Waals surface area contributed by atoms with Gasteiger partial charge in [0.15, 0.2) is 0 Å². The van der Waals surface area contributed by atoms with Crippen LogP contribution in [0.4, 0.5) is 0 Å². The highest BCUT2D eigenvalue weighted by molar-refractivity contribution is 7.89. The first-order valence-electron chi connectivity index (χ1n) is 7.28. The monoisotopic (exact) mass is 371 g/mol. The number of nitrogens with zero attached hydrogens (tertiary/aromatic N) is 1. The van der Waals surface area contributed by atoms with Gasteiger partial charge in [-0.25, -0.2) is 18.0 Å². The number of carboxylic acids is 1. The summed E-state index contributed by atoms with van der Waals surface area (Å²) in [6.07, 6.45) is 0.589. The Labute approximate surface area is 144 Å². The van der Waals surface area contributed by atoms with E-state index in [4.69, 9.17) is 0 Å². The molecule has 1 N–H and O–H groups in total. The Morgan fingerprint density at radius 3 is 2.04 bits per heavy atom. The fraction of sp³-hybridized carbons (Fsp3) is 0.400. The molecule has 0 saturated carbocycles. The quantitative estimate of drug-likeness (QED) is 0.741. The van der Waals surface area contributed by atoms with Gasteiger partial charge in [0.05, 0.1) is 30.2 Å². The summed E-state index contributed by atoms with van der Waals surface area (Å²) in [5.74, 6) is -2.92. The minimum absolute atomic E-state index is 0.0370. The first kappa shape index (κ1) is 18.9. The average molecular weight is 371 g/mol. The van der Waals surface area contributed by atoms with Gasteiger partial charge < -0.3 is 14.6 Å². The molecule has 1 aliphatic heterocycles. The van der Waals surface area contributed by atoms with Crippen molar-refractivity contribution in [2.24, 2.45) is 0 Å². The summed E-state index contributed by atoms with van der Waals surface area (Å²) in [6.45, 7) is 0.0370. The molecule has 1 aromatic carbocycles. The van der Waals surface area contributed by atoms with E-state index in [2.05, 4.69) is 9.47 Å². The van der Waals surface area contributed by atoms with E-state index in [9.17, 15) is 27.9 Å². The van der Waals surface area contributed by atoms with Gasteiger partial charge in [-0.1, -0.05) is 0 Å². The molecule has 1 heterocycles. The molecule has 0 radical (unpaired) electrons. The van der Waals surface area contributed by atoms with Crippen LogP contribution < -0.4 is 0 Å². The van der Waals surface area contributed by atoms with E-state index in [0.717, 1.165) is 36.7 Å². The number of esters is 2. The minimum Gasteiger partial charge on any atom is -0.480 e. The van der Waals surface area contributed by atoms with Gasteiger partial charge in [-0.15, -0.1) is 0 Å². The first-order chi connectivity index (χ1) is 11.7. The molecule has 2 rings (SSSR count). The maximum atomic E-state index is 12.8. The van der Waals surface area contributed by atoms with Crippen LogP contribution in [0.15, 0.2) is 23.1 Å². The Bertz CT molecular complexity index is 783. The van der Waals surface area contributed by atoms with Crippen LogP contribution in [0.3, 0.4) is 0 Å². The Morgan fingerprint density at radius 1 is 1.08 bits per heavy atom. The normalized spacial score (nSPS) is 17.9. The highest BCUT2D eigenvalue weighted by Crippen LogP contribution is 2.28. The summed E-state index contributed by atoms with van der Waals surface area (Å²) in [7, 11) is -2.00. The molecule has 0 spiro atoms. The Hall–Kier alpha value is -2.46. The predicted octanol–water partition coefficient (Wildman–Crippen LogP) is 0.497. The average Bonchev–Trinajstić information content (AvgIpc) is 3.10. The Kier molecular flexibility index (Phi) is 5.43. The number of methoxy groups -OCH3 is 2. The van der Waals surface area contributed by atoms with Gasteiger partial charge in [0.25, 0.3) is 0 Å². The van der Waals surface area contributed by atoms with Crippen molar-refractivity contribution in [3.8, 4) is 0 Å². The predicted molar refractivity (Wildman–Crippen MR) is 83.7 cm³/mol. The molecule has 1 atom stereocenters. The molecule has 0 aliphatic carbocycles. The van der Waals surface area contributed by atoms with Gasteiger partial charge in [0.2, 0.25) is 10.0 Å². The number of rotatable bonds is 5. The molecule has 1 fully saturated rings. The summed E-state index contributed by atoms with van der Waals surface area (Å²) in [5, 5.41) is 9.20. The summed E-state index contributed by atoms with van der Waals surface area (Å²) in [4.78, 5) is 34.5. The zero-order valence-corrected chi connectivity index (χ0v) is 14.4. The maximum Gasteiger partial charge on any atom is 0.337 e. The van der Waals surface area contributed by atoms with Crippen LogP contribution in [-0.4, -0.2) is 62.5 Å². The molecule has 0 amide bonds. The van der Waals surface area contributed by atoms with Gasteiger partial charge in [0, 0.05) is 6.54 Å². The molecule has 136 valence electrons. The topological polar surface area (TPSA) is 127 Å². The number of hydrogen-bond acceptors (Lipinski definition) is 7. The zero-order valence-electron chi connectivity index (χ0n) is 13.6. The fourth-order valence-electron chi connectivity index (χ4n) is 2.63. The lowest BCUT2D eigenvalue weighted by molar-refractivity contribution is -0.140. The van der Waals surface area contributed by atoms with E-state index < -0.39 is 34.0 Å². The third-order valence-electron chi connectivity index (χ3n) is 3.84. The molecular formula is C15H17NO8S. The van der Waals surface area contributed by atoms with Crippen LogP contribution in [0.25, 0.3) is 0 Å². The largest absolute Gasteiger partial charge is 0.480 e. The smallest absolute Gasteiger partial charge is 0.337 e. The molecule has 1 aromatic rings. The number of aliphatic carboxylic acids is 1. The highest BCUT2D eigenvalue weighted by Gasteiger charge is 2.40. The van der Waals surface area contributed by atoms with Crippen LogP contribution in [-0.2, 0) is 24.3 Å². The van der Waals surface area contributed by atoms with Gasteiger partial charge in [-0.3, -0.25) is 4.79 Å². The Morgan fingerprint density at radius 2 is 1.60 bits per heavy atom. The molecule has 1 unspecified atom stereocenters. The number of benzene rings is 1. The van der Waals surface area contributed by atoms with Crippen molar-refractivity contribution >= 4 is 27.9 Å². The van der Waals surface area contributed by atoms with E-state index in [-0.39, 0.29) is 29.0 Å². The lowest BCUT2D eigenvalue weighted by Gasteiger charge is -2.21. The standard InChI is InChI=1S/C15H17NO8S/c1-23-14(19)9-6-10(15(20)24-2)8-11(7-9)25(21,22)16-5-3-4-12(16)13(17)18/h6-8,12H,3-5H2,1-2H3,(H,17,18). The SMILES string of the molecule is COC(=O)c1cc(C(=O)OC)cc(S(=O)(=O)N2CCCC2C(=O)O)c1. The van der Waals surface area contributed by atoms with Crippen molar-refractivity contribution in [3.05, 3.63) is 29.3 Å². The van der Waals surface area contributed by atoms with Crippen molar-refractivity contribution in [3.63, 3.8) is 0 Å². The summed E-state index contributed by atoms with van der Waals surface area (Å²) in [5.41, 5.74) is -0.315. The van der Waals surface area contributed by atoms with Crippen LogP contribution >= 0.6 is 0 Å². The number of carboxylic acid groups (broad SMARTS) is 1. The van der Waals surface area contributed by atoms with Crippen molar-refractivity contribution in [2.45, 2.75) is 23.8 Å². The second-order valence-electron chi connectivity index (χ2n) is 5.34. The van der Waals surface area contributed by atoms with E-state index in [0.29, 0.717) is 6.42 Å². The van der Waals surface area contributed by atoms with Crippen LogP contribution in [0, 0.1) is 0 Å². The molecular weight excluding hydrogens is 354 g/mol. The molecule has 1 aliphatic rings. The van der Waals surface area contributed by atoms with Gasteiger partial charge in [-0.05, 0) is 31.0 Å². The lowest BCUT2D eigenvalue weighted by Crippen LogP contribution is -2.40. The summed E-state index contributed by atoms with van der Waals surface area (Å²) in [6, 6.07) is 2.05. The molecule has 1 saturated heterocycles. The van der Waals surface area contributed by atoms with Crippen LogP contribution in [0.2, 0.25) is 0 Å². The fourth-order valence-corrected chi connectivity index (χ4v) is 4.35. The number of ether oxygens (including phenoxy) is 2. The van der Waals surface area contributed by atoms with Crippen molar-refractivity contribution < 1.29 is 37.4 Å². The van der Waals surface area contributed by atoms with Crippen LogP contribution in [0.5, 0.6) is 0 Å². The van der Waals surface area contributed by atoms with E-state index in [1.165, 1.54) is 0 Å². The second kappa shape index (κ2) is 7.19. The van der Waals surface area contributed by atoms with Crippen molar-refractivity contribution in [2.75, 3.05) is 20.8 Å². The number of carbonyl (C=O) groups excluding carboxylic acids is 2. The Balaban J connectivity index is 2.58. The molecule has 25 heavy (non-hydrogen) atoms. The third-order valence-corrected chi connectivity index (χ3v) is 5.73. The molecule has 9 nitrogen and oxygen atoms in total. The highest BCUT2D eigenvalue weighted by atomic mass is 32.2. The van der Waals surface area contributed by atoms with Gasteiger partial charge >= 0.3 is 17.9 Å². The third kappa shape index (κ3) is 3.64. The minimum atomic E-state index is -4.22. The van der Waals surface area contributed by atoms with Gasteiger partial charge in [-0.2, -0.15) is 4.31 Å². The van der Waals surface area contributed by atoms with Gasteiger partial charge in [0.1, 0.15) is 6.04 Å². The number of carbonyl (C=O) groups is 3. The zero-order chi connectivity index (χ0) is 18.8. The summed E-state index contributed by atoms with van der Waals surface area (Å²) >= 11 is 0. The molecule has 10 heteroatoms. The lowest BCUT2D eigenvalue weighted by atomic mass is 10.1. The van der Waals surface area contributed by atoms with Crippen molar-refractivity contribution in [1.82, 2.24) is 4.31 Å². The second-order valence-corrected chi connectivity index (χ2v) is 7.23.